The zero-order chi connectivity index (χ0) is 19.5. The third-order valence-corrected chi connectivity index (χ3v) is 8.80. The molecule has 1 aromatic heterocycles. The molecule has 6 atom stereocenters. The summed E-state index contributed by atoms with van der Waals surface area (Å²) in [6, 6.07) is 1.65. The second-order valence-corrected chi connectivity index (χ2v) is 9.96. The molecule has 3 saturated carbocycles. The fraction of sp³-hybridized carbons (Fsp3) is 0.667. The SMILES string of the molecule is C[C@]12CC[C@H](OC(=O)c3ccoc3)CC1=CC[C@@H]1[C@@H]2CC[C@]2(C)C(=O)CC[C@@H]12. The van der Waals surface area contributed by atoms with Gasteiger partial charge in [-0.1, -0.05) is 25.5 Å². The third-order valence-electron chi connectivity index (χ3n) is 8.80. The second-order valence-electron chi connectivity index (χ2n) is 9.96. The smallest absolute Gasteiger partial charge is 0.341 e. The summed E-state index contributed by atoms with van der Waals surface area (Å²) in [5.74, 6) is 2.09. The van der Waals surface area contributed by atoms with Crippen LogP contribution in [0.25, 0.3) is 0 Å². The van der Waals surface area contributed by atoms with Crippen molar-refractivity contribution in [1.82, 2.24) is 0 Å². The van der Waals surface area contributed by atoms with Gasteiger partial charge in [0.2, 0.25) is 0 Å². The molecular weight excluding hydrogens is 352 g/mol. The summed E-state index contributed by atoms with van der Waals surface area (Å²) in [6.45, 7) is 4.67. The largest absolute Gasteiger partial charge is 0.472 e. The zero-order valence-corrected chi connectivity index (χ0v) is 16.9. The second kappa shape index (κ2) is 6.33. The molecule has 4 heteroatoms. The first-order valence-electron chi connectivity index (χ1n) is 10.9. The number of esters is 1. The maximum absolute atomic E-state index is 12.5. The van der Waals surface area contributed by atoms with Gasteiger partial charge in [0, 0.05) is 18.3 Å². The molecule has 28 heavy (non-hydrogen) atoms. The number of allylic oxidation sites excluding steroid dienone is 1. The summed E-state index contributed by atoms with van der Waals surface area (Å²) >= 11 is 0. The van der Waals surface area contributed by atoms with E-state index in [1.165, 1.54) is 18.1 Å². The minimum absolute atomic E-state index is 0.0415. The molecule has 5 rings (SSSR count). The number of ether oxygens (including phenoxy) is 1. The summed E-state index contributed by atoms with van der Waals surface area (Å²) in [5, 5.41) is 0. The van der Waals surface area contributed by atoms with Gasteiger partial charge in [0.05, 0.1) is 11.8 Å². The molecule has 3 fully saturated rings. The van der Waals surface area contributed by atoms with Crippen molar-refractivity contribution < 1.29 is 18.7 Å². The van der Waals surface area contributed by atoms with E-state index < -0.39 is 0 Å². The fourth-order valence-corrected chi connectivity index (χ4v) is 7.10. The number of carbonyl (C=O) groups is 2. The van der Waals surface area contributed by atoms with Crippen LogP contribution >= 0.6 is 0 Å². The normalized spacial score (nSPS) is 42.2. The van der Waals surface area contributed by atoms with Gasteiger partial charge in [0.1, 0.15) is 18.2 Å². The Kier molecular flexibility index (Phi) is 4.12. The van der Waals surface area contributed by atoms with Crippen LogP contribution in [0.3, 0.4) is 0 Å². The van der Waals surface area contributed by atoms with E-state index in [0.717, 1.165) is 51.4 Å². The van der Waals surface area contributed by atoms with Crippen molar-refractivity contribution in [3.8, 4) is 0 Å². The molecular formula is C24H30O4. The molecule has 0 N–H and O–H groups in total. The Balaban J connectivity index is 1.34. The standard InChI is InChI=1S/C24H30O4/c1-23-10-7-17(28-22(26)15-9-12-27-14-15)13-16(23)3-4-18-19-5-6-21(25)24(19,2)11-8-20(18)23/h3,9,12,14,17-20H,4-8,10-11,13H2,1-2H3/t17-,18-,19-,20-,23-,24-/m0/s1. The molecule has 0 saturated heterocycles. The molecule has 1 aromatic rings. The molecule has 150 valence electrons. The van der Waals surface area contributed by atoms with Gasteiger partial charge in [-0.15, -0.1) is 0 Å². The maximum atomic E-state index is 12.5. The number of rotatable bonds is 2. The minimum Gasteiger partial charge on any atom is -0.472 e. The lowest BCUT2D eigenvalue weighted by molar-refractivity contribution is -0.132. The van der Waals surface area contributed by atoms with Gasteiger partial charge in [-0.25, -0.2) is 4.79 Å². The molecule has 0 aliphatic heterocycles. The van der Waals surface area contributed by atoms with Crippen LogP contribution in [-0.4, -0.2) is 17.9 Å². The Morgan fingerprint density at radius 3 is 2.71 bits per heavy atom. The van der Waals surface area contributed by atoms with Crippen molar-refractivity contribution in [3.63, 3.8) is 0 Å². The van der Waals surface area contributed by atoms with Crippen LogP contribution in [-0.2, 0) is 9.53 Å². The molecule has 4 nitrogen and oxygen atoms in total. The van der Waals surface area contributed by atoms with Gasteiger partial charge in [0.15, 0.2) is 0 Å². The molecule has 0 radical (unpaired) electrons. The number of furan rings is 1. The number of hydrogen-bond acceptors (Lipinski definition) is 4. The Bertz CT molecular complexity index is 822. The summed E-state index contributed by atoms with van der Waals surface area (Å²) in [7, 11) is 0. The number of ketones is 1. The van der Waals surface area contributed by atoms with Crippen LogP contribution in [0.5, 0.6) is 0 Å². The number of fused-ring (bicyclic) bond motifs is 5. The van der Waals surface area contributed by atoms with Crippen LogP contribution in [0, 0.1) is 28.6 Å². The van der Waals surface area contributed by atoms with Crippen LogP contribution < -0.4 is 0 Å². The first-order valence-corrected chi connectivity index (χ1v) is 10.9. The Hall–Kier alpha value is -1.84. The van der Waals surface area contributed by atoms with E-state index in [1.807, 2.05) is 0 Å². The van der Waals surface area contributed by atoms with Crippen molar-refractivity contribution in [1.29, 1.82) is 0 Å². The van der Waals surface area contributed by atoms with Crippen molar-refractivity contribution in [2.45, 2.75) is 71.3 Å². The van der Waals surface area contributed by atoms with Gasteiger partial charge in [0.25, 0.3) is 0 Å². The van der Waals surface area contributed by atoms with Crippen LogP contribution in [0.1, 0.15) is 75.6 Å². The molecule has 4 aliphatic carbocycles. The average Bonchev–Trinajstić information content (AvgIpc) is 3.31. The molecule has 4 aliphatic rings. The van der Waals surface area contributed by atoms with E-state index in [-0.39, 0.29) is 22.9 Å². The topological polar surface area (TPSA) is 56.5 Å². The zero-order valence-electron chi connectivity index (χ0n) is 16.9. The molecule has 0 spiro atoms. The van der Waals surface area contributed by atoms with Crippen LogP contribution in [0.2, 0.25) is 0 Å². The van der Waals surface area contributed by atoms with Gasteiger partial charge in [-0.2, -0.15) is 0 Å². The third kappa shape index (κ3) is 2.56. The van der Waals surface area contributed by atoms with Crippen LogP contribution in [0.4, 0.5) is 0 Å². The highest BCUT2D eigenvalue weighted by atomic mass is 16.5. The summed E-state index contributed by atoms with van der Waals surface area (Å²) in [5.41, 5.74) is 2.11. The van der Waals surface area contributed by atoms with Crippen molar-refractivity contribution in [2.24, 2.45) is 28.6 Å². The minimum atomic E-state index is -0.283. The van der Waals surface area contributed by atoms with Crippen LogP contribution in [0.15, 0.2) is 34.7 Å². The van der Waals surface area contributed by atoms with Crippen molar-refractivity contribution >= 4 is 11.8 Å². The van der Waals surface area contributed by atoms with Gasteiger partial charge < -0.3 is 9.15 Å². The molecule has 0 bridgehead atoms. The van der Waals surface area contributed by atoms with E-state index in [1.54, 1.807) is 6.07 Å². The highest BCUT2D eigenvalue weighted by Gasteiger charge is 2.58. The average molecular weight is 383 g/mol. The van der Waals surface area contributed by atoms with E-state index in [9.17, 15) is 9.59 Å². The Morgan fingerprint density at radius 2 is 1.93 bits per heavy atom. The molecule has 0 amide bonds. The highest BCUT2D eigenvalue weighted by molar-refractivity contribution is 5.89. The Morgan fingerprint density at radius 1 is 1.14 bits per heavy atom. The lowest BCUT2D eigenvalue weighted by atomic mass is 9.48. The number of hydrogen-bond donors (Lipinski definition) is 0. The van der Waals surface area contributed by atoms with E-state index in [0.29, 0.717) is 29.1 Å². The summed E-state index contributed by atoms with van der Waals surface area (Å²) < 4.78 is 10.8. The fourth-order valence-electron chi connectivity index (χ4n) is 7.10. The van der Waals surface area contributed by atoms with E-state index >= 15 is 0 Å². The molecule has 0 unspecified atom stereocenters. The first kappa shape index (κ1) is 18.2. The van der Waals surface area contributed by atoms with Gasteiger partial charge in [-0.05, 0) is 67.8 Å². The first-order chi connectivity index (χ1) is 13.4. The van der Waals surface area contributed by atoms with Crippen molar-refractivity contribution in [3.05, 3.63) is 35.8 Å². The number of carbonyl (C=O) groups excluding carboxylic acids is 2. The maximum Gasteiger partial charge on any atom is 0.341 e. The molecule has 1 heterocycles. The van der Waals surface area contributed by atoms with Gasteiger partial charge in [-0.3, -0.25) is 4.79 Å². The monoisotopic (exact) mass is 382 g/mol. The number of Topliss-reactive ketones (excluding diaryl/α,β-unsaturated/α-hetero) is 1. The van der Waals surface area contributed by atoms with Crippen molar-refractivity contribution in [2.75, 3.05) is 0 Å². The Labute approximate surface area is 166 Å². The predicted octanol–water partition coefficient (Wildman–Crippen LogP) is 5.34. The lowest BCUT2D eigenvalue weighted by Crippen LogP contribution is -2.50. The van der Waals surface area contributed by atoms with Gasteiger partial charge >= 0.3 is 5.97 Å². The predicted molar refractivity (Wildman–Crippen MR) is 105 cm³/mol. The van der Waals surface area contributed by atoms with E-state index in [2.05, 4.69) is 19.9 Å². The summed E-state index contributed by atoms with van der Waals surface area (Å²) in [4.78, 5) is 24.8. The highest BCUT2D eigenvalue weighted by Crippen LogP contribution is 2.64. The van der Waals surface area contributed by atoms with E-state index in [4.69, 9.17) is 9.15 Å². The lowest BCUT2D eigenvalue weighted by Gasteiger charge is -2.56. The molecule has 0 aromatic carbocycles. The summed E-state index contributed by atoms with van der Waals surface area (Å²) in [6.07, 6.45) is 13.4. The quantitative estimate of drug-likeness (QED) is 0.512.